The van der Waals surface area contributed by atoms with Crippen LogP contribution in [0, 0.1) is 0 Å². The molecule has 4 heterocycles. The van der Waals surface area contributed by atoms with Crippen LogP contribution < -0.4 is 20.1 Å². The molecule has 1 fully saturated rings. The molecular weight excluding hydrogens is 490 g/mol. The number of methoxy groups -OCH3 is 2. The van der Waals surface area contributed by atoms with Crippen molar-refractivity contribution >= 4 is 38.7 Å². The molecule has 0 unspecified atom stereocenters. The number of hydrogen-bond donors (Lipinski definition) is 2. The van der Waals surface area contributed by atoms with E-state index in [0.717, 1.165) is 37.1 Å². The number of likely N-dealkylation sites (tertiary alicyclic amines) is 1. The summed E-state index contributed by atoms with van der Waals surface area (Å²) in [7, 11) is 3.22. The summed E-state index contributed by atoms with van der Waals surface area (Å²) in [4.78, 5) is 33.5. The van der Waals surface area contributed by atoms with Crippen LogP contribution >= 0.6 is 11.3 Å². The largest absolute Gasteiger partial charge is 0.493 e. The van der Waals surface area contributed by atoms with Gasteiger partial charge in [0.2, 0.25) is 5.95 Å². The number of nitrogens with one attached hydrogen (secondary N) is 2. The minimum Gasteiger partial charge on any atom is -0.493 e. The van der Waals surface area contributed by atoms with Crippen molar-refractivity contribution in [3.05, 3.63) is 59.5 Å². The van der Waals surface area contributed by atoms with E-state index in [0.29, 0.717) is 45.2 Å². The molecule has 1 aliphatic heterocycles. The second-order valence-electron chi connectivity index (χ2n) is 8.76. The Labute approximate surface area is 219 Å². The summed E-state index contributed by atoms with van der Waals surface area (Å²) in [5, 5.41) is 7.32. The first-order chi connectivity index (χ1) is 18.1. The number of carbonyl (C=O) groups excluding carboxylic acids is 1. The Hall–Kier alpha value is -3.99. The van der Waals surface area contributed by atoms with Gasteiger partial charge in [0.05, 0.1) is 20.3 Å². The van der Waals surface area contributed by atoms with Crippen molar-refractivity contribution in [2.24, 2.45) is 0 Å². The number of aromatic nitrogens is 4. The van der Waals surface area contributed by atoms with E-state index >= 15 is 0 Å². The van der Waals surface area contributed by atoms with Gasteiger partial charge in [-0.05, 0) is 49.1 Å². The van der Waals surface area contributed by atoms with E-state index in [4.69, 9.17) is 14.5 Å². The minimum absolute atomic E-state index is 0.0860. The van der Waals surface area contributed by atoms with Crippen LogP contribution in [-0.2, 0) is 6.54 Å². The highest BCUT2D eigenvalue weighted by atomic mass is 32.1. The molecule has 1 aromatic carbocycles. The van der Waals surface area contributed by atoms with Gasteiger partial charge in [-0.1, -0.05) is 23.5 Å². The molecule has 1 saturated heterocycles. The molecule has 3 aromatic heterocycles. The highest BCUT2D eigenvalue weighted by Gasteiger charge is 2.26. The number of anilines is 2. The van der Waals surface area contributed by atoms with Crippen molar-refractivity contribution in [2.45, 2.75) is 32.4 Å². The maximum atomic E-state index is 13.4. The van der Waals surface area contributed by atoms with Crippen LogP contribution in [0.25, 0.3) is 10.3 Å². The summed E-state index contributed by atoms with van der Waals surface area (Å²) < 4.78 is 11.4. The van der Waals surface area contributed by atoms with Gasteiger partial charge in [-0.3, -0.25) is 9.78 Å². The van der Waals surface area contributed by atoms with Crippen molar-refractivity contribution in [3.63, 3.8) is 0 Å². The first-order valence-electron chi connectivity index (χ1n) is 12.1. The minimum atomic E-state index is -0.0952. The Kier molecular flexibility index (Phi) is 7.31. The van der Waals surface area contributed by atoms with Gasteiger partial charge >= 0.3 is 0 Å². The zero-order valence-corrected chi connectivity index (χ0v) is 21.8. The number of thiazole rings is 1. The SMILES string of the molecule is COc1ccc(CNc2nc3nc(N[C@@H](C)c4cccnc4)nc(C(=O)N4CCCC4)c3s2)cc1OC. The molecule has 4 aromatic rings. The number of fused-ring (bicyclic) bond motifs is 1. The molecular formula is C26H29N7O3S. The molecule has 192 valence electrons. The van der Waals surface area contributed by atoms with Gasteiger partial charge < -0.3 is 25.0 Å². The third kappa shape index (κ3) is 5.41. The van der Waals surface area contributed by atoms with Gasteiger partial charge in [-0.15, -0.1) is 0 Å². The van der Waals surface area contributed by atoms with Crippen LogP contribution in [0.5, 0.6) is 11.5 Å². The van der Waals surface area contributed by atoms with Gasteiger partial charge in [0, 0.05) is 32.0 Å². The zero-order valence-electron chi connectivity index (χ0n) is 21.0. The monoisotopic (exact) mass is 519 g/mol. The quantitative estimate of drug-likeness (QED) is 0.329. The third-order valence-electron chi connectivity index (χ3n) is 6.27. The van der Waals surface area contributed by atoms with E-state index in [1.54, 1.807) is 26.6 Å². The molecule has 1 aliphatic rings. The van der Waals surface area contributed by atoms with E-state index < -0.39 is 0 Å². The molecule has 0 bridgehead atoms. The fourth-order valence-electron chi connectivity index (χ4n) is 4.26. The smallest absolute Gasteiger partial charge is 0.274 e. The van der Waals surface area contributed by atoms with Crippen LogP contribution in [0.15, 0.2) is 42.7 Å². The lowest BCUT2D eigenvalue weighted by Crippen LogP contribution is -2.29. The lowest BCUT2D eigenvalue weighted by molar-refractivity contribution is 0.0789. The van der Waals surface area contributed by atoms with Crippen molar-refractivity contribution in [3.8, 4) is 11.5 Å². The summed E-state index contributed by atoms with van der Waals surface area (Å²) >= 11 is 1.38. The molecule has 1 atom stereocenters. The number of rotatable bonds is 9. The summed E-state index contributed by atoms with van der Waals surface area (Å²) in [6.07, 6.45) is 5.54. The molecule has 0 saturated carbocycles. The number of amides is 1. The van der Waals surface area contributed by atoms with E-state index in [1.807, 2.05) is 42.2 Å². The second kappa shape index (κ2) is 11.0. The van der Waals surface area contributed by atoms with Crippen molar-refractivity contribution < 1.29 is 14.3 Å². The third-order valence-corrected chi connectivity index (χ3v) is 7.28. The van der Waals surface area contributed by atoms with E-state index in [-0.39, 0.29) is 11.9 Å². The average Bonchev–Trinajstić information content (AvgIpc) is 3.61. The lowest BCUT2D eigenvalue weighted by atomic mass is 10.1. The summed E-state index contributed by atoms with van der Waals surface area (Å²) in [5.41, 5.74) is 2.86. The number of pyridine rings is 1. The first-order valence-corrected chi connectivity index (χ1v) is 13.0. The van der Waals surface area contributed by atoms with Crippen LogP contribution in [0.1, 0.15) is 47.4 Å². The number of nitrogens with zero attached hydrogens (tertiary/aromatic N) is 5. The van der Waals surface area contributed by atoms with Crippen LogP contribution in [0.3, 0.4) is 0 Å². The maximum absolute atomic E-state index is 13.4. The molecule has 10 nitrogen and oxygen atoms in total. The fourth-order valence-corrected chi connectivity index (χ4v) is 5.14. The molecule has 1 amide bonds. The molecule has 0 aliphatic carbocycles. The maximum Gasteiger partial charge on any atom is 0.274 e. The summed E-state index contributed by atoms with van der Waals surface area (Å²) in [6.45, 7) is 4.00. The van der Waals surface area contributed by atoms with Gasteiger partial charge in [0.15, 0.2) is 28.0 Å². The highest BCUT2D eigenvalue weighted by Crippen LogP contribution is 2.32. The number of ether oxygens (including phenoxy) is 2. The summed E-state index contributed by atoms with van der Waals surface area (Å²) in [5.74, 6) is 1.61. The Morgan fingerprint density at radius 3 is 2.65 bits per heavy atom. The fraction of sp³-hybridized carbons (Fsp3) is 0.346. The Balaban J connectivity index is 1.43. The van der Waals surface area contributed by atoms with Crippen LogP contribution in [-0.4, -0.2) is 58.1 Å². The van der Waals surface area contributed by atoms with Gasteiger partial charge in [0.25, 0.3) is 5.91 Å². The normalized spacial score (nSPS) is 14.0. The van der Waals surface area contributed by atoms with Crippen LogP contribution in [0.4, 0.5) is 11.1 Å². The average molecular weight is 520 g/mol. The molecule has 5 rings (SSSR count). The van der Waals surface area contributed by atoms with E-state index in [2.05, 4.69) is 25.6 Å². The predicted molar refractivity (Wildman–Crippen MR) is 143 cm³/mol. The van der Waals surface area contributed by atoms with Crippen molar-refractivity contribution in [2.75, 3.05) is 37.9 Å². The molecule has 11 heteroatoms. The van der Waals surface area contributed by atoms with E-state index in [1.165, 1.54) is 11.3 Å². The van der Waals surface area contributed by atoms with Gasteiger partial charge in [-0.2, -0.15) is 9.97 Å². The molecule has 0 spiro atoms. The Bertz CT molecular complexity index is 1390. The highest BCUT2D eigenvalue weighted by molar-refractivity contribution is 7.22. The topological polar surface area (TPSA) is 114 Å². The number of benzene rings is 1. The second-order valence-corrected chi connectivity index (χ2v) is 9.76. The van der Waals surface area contributed by atoms with Crippen LogP contribution in [0.2, 0.25) is 0 Å². The molecule has 37 heavy (non-hydrogen) atoms. The van der Waals surface area contributed by atoms with Gasteiger partial charge in [-0.25, -0.2) is 4.98 Å². The van der Waals surface area contributed by atoms with Gasteiger partial charge in [0.1, 0.15) is 4.70 Å². The predicted octanol–water partition coefficient (Wildman–Crippen LogP) is 4.52. The number of carbonyl (C=O) groups is 1. The summed E-state index contributed by atoms with van der Waals surface area (Å²) in [6, 6.07) is 9.53. The number of hydrogen-bond acceptors (Lipinski definition) is 10. The molecule has 0 radical (unpaired) electrons. The molecule has 2 N–H and O–H groups in total. The Morgan fingerprint density at radius 2 is 1.92 bits per heavy atom. The Morgan fingerprint density at radius 1 is 1.11 bits per heavy atom. The lowest BCUT2D eigenvalue weighted by Gasteiger charge is -2.17. The van der Waals surface area contributed by atoms with E-state index in [9.17, 15) is 4.79 Å². The first kappa shape index (κ1) is 24.7. The van der Waals surface area contributed by atoms with Crippen molar-refractivity contribution in [1.82, 2.24) is 24.8 Å². The zero-order chi connectivity index (χ0) is 25.8. The standard InChI is InChI=1S/C26H29N7O3S/c1-16(18-7-6-10-27-15-18)29-25-30-21(24(34)33-11-4-5-12-33)22-23(31-25)32-26(37-22)28-14-17-8-9-19(35-2)20(13-17)36-3/h6-10,13,15-16H,4-5,11-12,14H2,1-3H3,(H2,28,29,30,31,32)/t16-/m0/s1. The van der Waals surface area contributed by atoms with Crippen molar-refractivity contribution in [1.29, 1.82) is 0 Å².